The van der Waals surface area contributed by atoms with E-state index in [0.717, 1.165) is 37.3 Å². The Morgan fingerprint density at radius 2 is 2.07 bits per heavy atom. The Hall–Kier alpha value is -1.06. The van der Waals surface area contributed by atoms with Crippen molar-refractivity contribution in [2.24, 2.45) is 0 Å². The van der Waals surface area contributed by atoms with Crippen LogP contribution in [0.3, 0.4) is 0 Å². The molecule has 3 heteroatoms. The van der Waals surface area contributed by atoms with E-state index < -0.39 is 0 Å². The van der Waals surface area contributed by atoms with E-state index in [1.54, 1.807) is 0 Å². The average Bonchev–Trinajstić information content (AvgIpc) is 2.24. The molecular formula is C12H17NO2. The summed E-state index contributed by atoms with van der Waals surface area (Å²) in [5.41, 5.74) is 9.04. The van der Waals surface area contributed by atoms with Crippen molar-refractivity contribution in [3.8, 4) is 0 Å². The van der Waals surface area contributed by atoms with Gasteiger partial charge in [-0.1, -0.05) is 12.1 Å². The van der Waals surface area contributed by atoms with Crippen molar-refractivity contribution in [2.45, 2.75) is 26.1 Å². The van der Waals surface area contributed by atoms with E-state index in [9.17, 15) is 0 Å². The number of hydrogen-bond acceptors (Lipinski definition) is 3. The maximum Gasteiger partial charge on any atom is 0.161 e. The number of hydrogen-bond donors (Lipinski definition) is 1. The van der Waals surface area contributed by atoms with Crippen molar-refractivity contribution in [3.05, 3.63) is 29.3 Å². The van der Waals surface area contributed by atoms with E-state index in [4.69, 9.17) is 15.2 Å². The first-order valence-corrected chi connectivity index (χ1v) is 5.34. The van der Waals surface area contributed by atoms with Gasteiger partial charge >= 0.3 is 0 Å². The fraction of sp³-hybridized carbons (Fsp3) is 0.500. The molecule has 0 atom stereocenters. The molecule has 1 fully saturated rings. The summed E-state index contributed by atoms with van der Waals surface area (Å²) in [6.07, 6.45) is 1.61. The van der Waals surface area contributed by atoms with Gasteiger partial charge in [0.1, 0.15) is 0 Å². The number of rotatable bonds is 2. The zero-order valence-electron chi connectivity index (χ0n) is 9.03. The van der Waals surface area contributed by atoms with Crippen LogP contribution in [0.4, 0.5) is 5.69 Å². The zero-order valence-corrected chi connectivity index (χ0v) is 9.03. The van der Waals surface area contributed by atoms with Crippen LogP contribution in [-0.4, -0.2) is 19.5 Å². The Morgan fingerprint density at radius 1 is 1.33 bits per heavy atom. The fourth-order valence-corrected chi connectivity index (χ4v) is 1.73. The first kappa shape index (κ1) is 10.5. The SMILES string of the molecule is Cc1ccc(CC2OCCCO2)c(N)c1. The molecule has 0 aliphatic carbocycles. The molecule has 3 nitrogen and oxygen atoms in total. The van der Waals surface area contributed by atoms with Gasteiger partial charge in [-0.3, -0.25) is 0 Å². The van der Waals surface area contributed by atoms with E-state index in [-0.39, 0.29) is 6.29 Å². The molecule has 15 heavy (non-hydrogen) atoms. The molecule has 0 radical (unpaired) electrons. The maximum atomic E-state index is 5.93. The third-order valence-electron chi connectivity index (χ3n) is 2.58. The van der Waals surface area contributed by atoms with E-state index >= 15 is 0 Å². The molecule has 1 heterocycles. The van der Waals surface area contributed by atoms with Gasteiger partial charge in [-0.15, -0.1) is 0 Å². The predicted octanol–water partition coefficient (Wildman–Crippen LogP) is 1.88. The fourth-order valence-electron chi connectivity index (χ4n) is 1.73. The lowest BCUT2D eigenvalue weighted by Crippen LogP contribution is -2.27. The number of anilines is 1. The van der Waals surface area contributed by atoms with E-state index in [1.807, 2.05) is 19.1 Å². The Bertz CT molecular complexity index is 332. The van der Waals surface area contributed by atoms with Crippen molar-refractivity contribution in [1.82, 2.24) is 0 Å². The lowest BCUT2D eigenvalue weighted by Gasteiger charge is -2.23. The minimum absolute atomic E-state index is 0.122. The highest BCUT2D eigenvalue weighted by Crippen LogP contribution is 2.18. The molecule has 0 spiro atoms. The third kappa shape index (κ3) is 2.70. The summed E-state index contributed by atoms with van der Waals surface area (Å²) in [5.74, 6) is 0. The average molecular weight is 207 g/mol. The maximum absolute atomic E-state index is 5.93. The van der Waals surface area contributed by atoms with Crippen LogP contribution < -0.4 is 5.73 Å². The predicted molar refractivity (Wildman–Crippen MR) is 59.6 cm³/mol. The summed E-state index contributed by atoms with van der Waals surface area (Å²) in [7, 11) is 0. The molecule has 1 aromatic rings. The molecule has 2 rings (SSSR count). The summed E-state index contributed by atoms with van der Waals surface area (Å²) in [6.45, 7) is 3.61. The Morgan fingerprint density at radius 3 is 2.73 bits per heavy atom. The van der Waals surface area contributed by atoms with Crippen LogP contribution in [-0.2, 0) is 15.9 Å². The van der Waals surface area contributed by atoms with Gasteiger partial charge in [-0.05, 0) is 30.5 Å². The van der Waals surface area contributed by atoms with Gasteiger partial charge in [-0.25, -0.2) is 0 Å². The molecular weight excluding hydrogens is 190 g/mol. The van der Waals surface area contributed by atoms with Crippen LogP contribution in [0.15, 0.2) is 18.2 Å². The summed E-state index contributed by atoms with van der Waals surface area (Å²) in [4.78, 5) is 0. The molecule has 0 unspecified atom stereocenters. The van der Waals surface area contributed by atoms with Crippen LogP contribution in [0.5, 0.6) is 0 Å². The van der Waals surface area contributed by atoms with Crippen LogP contribution in [0.2, 0.25) is 0 Å². The van der Waals surface area contributed by atoms with Gasteiger partial charge < -0.3 is 15.2 Å². The van der Waals surface area contributed by atoms with Gasteiger partial charge in [0.25, 0.3) is 0 Å². The summed E-state index contributed by atoms with van der Waals surface area (Å²) in [5, 5.41) is 0. The second-order valence-electron chi connectivity index (χ2n) is 3.93. The molecule has 2 N–H and O–H groups in total. The number of nitrogen functional groups attached to an aromatic ring is 1. The van der Waals surface area contributed by atoms with Gasteiger partial charge in [0.05, 0.1) is 13.2 Å². The molecule has 0 aromatic heterocycles. The molecule has 0 saturated carbocycles. The molecule has 1 saturated heterocycles. The Labute approximate surface area is 90.2 Å². The number of benzene rings is 1. The van der Waals surface area contributed by atoms with Gasteiger partial charge in [-0.2, -0.15) is 0 Å². The zero-order chi connectivity index (χ0) is 10.7. The Kier molecular flexibility index (Phi) is 3.23. The van der Waals surface area contributed by atoms with Crippen LogP contribution in [0, 0.1) is 6.92 Å². The van der Waals surface area contributed by atoms with Crippen LogP contribution >= 0.6 is 0 Å². The lowest BCUT2D eigenvalue weighted by molar-refractivity contribution is -0.176. The standard InChI is InChI=1S/C12H17NO2/c1-9-3-4-10(11(13)7-9)8-12-14-5-2-6-15-12/h3-4,7,12H,2,5-6,8,13H2,1H3. The minimum atomic E-state index is -0.122. The molecule has 0 bridgehead atoms. The molecule has 82 valence electrons. The summed E-state index contributed by atoms with van der Waals surface area (Å²) >= 11 is 0. The summed E-state index contributed by atoms with van der Waals surface area (Å²) in [6, 6.07) is 6.10. The smallest absolute Gasteiger partial charge is 0.161 e. The minimum Gasteiger partial charge on any atom is -0.398 e. The monoisotopic (exact) mass is 207 g/mol. The second kappa shape index (κ2) is 4.64. The molecule has 1 aliphatic rings. The first-order valence-electron chi connectivity index (χ1n) is 5.34. The van der Waals surface area contributed by atoms with Gasteiger partial charge in [0, 0.05) is 12.1 Å². The molecule has 1 aliphatic heterocycles. The van der Waals surface area contributed by atoms with Crippen molar-refractivity contribution < 1.29 is 9.47 Å². The van der Waals surface area contributed by atoms with Crippen LogP contribution in [0.1, 0.15) is 17.5 Å². The topological polar surface area (TPSA) is 44.5 Å². The third-order valence-corrected chi connectivity index (χ3v) is 2.58. The van der Waals surface area contributed by atoms with Crippen molar-refractivity contribution in [3.63, 3.8) is 0 Å². The largest absolute Gasteiger partial charge is 0.398 e. The van der Waals surface area contributed by atoms with Crippen molar-refractivity contribution >= 4 is 5.69 Å². The number of aryl methyl sites for hydroxylation is 1. The van der Waals surface area contributed by atoms with Crippen LogP contribution in [0.25, 0.3) is 0 Å². The van der Waals surface area contributed by atoms with Gasteiger partial charge in [0.2, 0.25) is 0 Å². The molecule has 0 amide bonds. The second-order valence-corrected chi connectivity index (χ2v) is 3.93. The lowest BCUT2D eigenvalue weighted by atomic mass is 10.1. The van der Waals surface area contributed by atoms with E-state index in [0.29, 0.717) is 0 Å². The number of nitrogens with two attached hydrogens (primary N) is 1. The highest BCUT2D eigenvalue weighted by molar-refractivity contribution is 5.49. The highest BCUT2D eigenvalue weighted by atomic mass is 16.7. The number of ether oxygens (including phenoxy) is 2. The van der Waals surface area contributed by atoms with E-state index in [2.05, 4.69) is 6.07 Å². The molecule has 1 aromatic carbocycles. The quantitative estimate of drug-likeness (QED) is 0.753. The highest BCUT2D eigenvalue weighted by Gasteiger charge is 2.15. The summed E-state index contributed by atoms with van der Waals surface area (Å²) < 4.78 is 11.0. The van der Waals surface area contributed by atoms with Crippen molar-refractivity contribution in [1.29, 1.82) is 0 Å². The van der Waals surface area contributed by atoms with E-state index in [1.165, 1.54) is 5.56 Å². The van der Waals surface area contributed by atoms with Crippen molar-refractivity contribution in [2.75, 3.05) is 18.9 Å². The first-order chi connectivity index (χ1) is 7.25. The Balaban J connectivity index is 2.03. The normalized spacial score (nSPS) is 17.9. The van der Waals surface area contributed by atoms with Gasteiger partial charge in [0.15, 0.2) is 6.29 Å².